The second-order valence-corrected chi connectivity index (χ2v) is 7.30. The van der Waals surface area contributed by atoms with Crippen LogP contribution in [0.1, 0.15) is 11.1 Å². The first-order valence-electron chi connectivity index (χ1n) is 8.24. The van der Waals surface area contributed by atoms with Crippen LogP contribution in [0.25, 0.3) is 12.2 Å². The fraction of sp³-hybridized carbons (Fsp3) is 0.105. The zero-order valence-electron chi connectivity index (χ0n) is 16.5. The topological polar surface area (TPSA) is 139 Å². The van der Waals surface area contributed by atoms with E-state index in [4.69, 9.17) is 9.47 Å². The van der Waals surface area contributed by atoms with Crippen LogP contribution in [-0.2, 0) is 22.1 Å². The largest absolute Gasteiger partial charge is 0.490 e. The highest BCUT2D eigenvalue weighted by Gasteiger charge is 2.14. The van der Waals surface area contributed by atoms with Gasteiger partial charge in [0.1, 0.15) is 4.70 Å². The molecule has 2 aromatic rings. The van der Waals surface area contributed by atoms with Crippen molar-refractivity contribution in [2.45, 2.75) is 0 Å². The van der Waals surface area contributed by atoms with Crippen LogP contribution < -0.4 is 9.47 Å². The molecule has 0 saturated carbocycles. The van der Waals surface area contributed by atoms with E-state index in [0.29, 0.717) is 11.1 Å². The molecule has 2 aromatic carbocycles. The van der Waals surface area contributed by atoms with Crippen molar-refractivity contribution in [2.75, 3.05) is 14.2 Å². The molecule has 10 nitrogen and oxygen atoms in total. The van der Waals surface area contributed by atoms with Crippen LogP contribution in [-0.4, -0.2) is 37.2 Å². The van der Waals surface area contributed by atoms with Crippen LogP contribution in [0.4, 0.5) is 11.4 Å². The number of nitro benzene ring substituents is 2. The molecule has 31 heavy (non-hydrogen) atoms. The van der Waals surface area contributed by atoms with Crippen LogP contribution in [0.5, 0.6) is 11.5 Å². The van der Waals surface area contributed by atoms with E-state index in [2.05, 4.69) is 6.58 Å². The third-order valence-corrected chi connectivity index (χ3v) is 5.04. The summed E-state index contributed by atoms with van der Waals surface area (Å²) in [5.41, 5.74) is 0.986. The van der Waals surface area contributed by atoms with Gasteiger partial charge in [0.05, 0.1) is 46.1 Å². The van der Waals surface area contributed by atoms with Gasteiger partial charge in [0, 0.05) is 17.5 Å². The first-order chi connectivity index (χ1) is 14.8. The van der Waals surface area contributed by atoms with Crippen LogP contribution in [0, 0.1) is 20.2 Å². The molecule has 0 amide bonds. The van der Waals surface area contributed by atoms with E-state index < -0.39 is 20.6 Å². The molecule has 0 heterocycles. The van der Waals surface area contributed by atoms with E-state index in [1.54, 1.807) is 24.3 Å². The van der Waals surface area contributed by atoms with Gasteiger partial charge in [0.25, 0.3) is 0 Å². The summed E-state index contributed by atoms with van der Waals surface area (Å²) in [6.07, 6.45) is 2.99. The van der Waals surface area contributed by atoms with Gasteiger partial charge in [-0.3, -0.25) is 20.2 Å². The molecule has 0 spiro atoms. The first kappa shape index (κ1) is 25.4. The standard InChI is InChI=1S/C10H9NO5S2.C9H9NO3/c1-16-10-3-2-8(6-9(10)11(12)13)4-5-18(15)7-17-14;1-3-7-4-5-9(13-2)8(6-7)10(11)12/h2-7H,1H3;3-6H,1H2,2H3. The average molecular weight is 466 g/mol. The minimum Gasteiger partial charge on any atom is -0.490 e. The van der Waals surface area contributed by atoms with Gasteiger partial charge in [0.2, 0.25) is 0 Å². The van der Waals surface area contributed by atoms with Gasteiger partial charge in [-0.25, -0.2) is 8.42 Å². The lowest BCUT2D eigenvalue weighted by Crippen LogP contribution is -1.94. The zero-order chi connectivity index (χ0) is 23.4. The van der Waals surface area contributed by atoms with E-state index in [9.17, 15) is 28.6 Å². The van der Waals surface area contributed by atoms with E-state index in [0.717, 1.165) is 4.70 Å². The number of hydrogen-bond donors (Lipinski definition) is 0. The van der Waals surface area contributed by atoms with Crippen LogP contribution in [0.3, 0.4) is 0 Å². The Kier molecular flexibility index (Phi) is 10.5. The maximum absolute atomic E-state index is 11.1. The summed E-state index contributed by atoms with van der Waals surface area (Å²) in [5.74, 6) is 0.413. The average Bonchev–Trinajstić information content (AvgIpc) is 2.77. The molecule has 0 radical (unpaired) electrons. The fourth-order valence-electron chi connectivity index (χ4n) is 2.15. The van der Waals surface area contributed by atoms with Crippen LogP contribution in [0.2, 0.25) is 0 Å². The van der Waals surface area contributed by atoms with Crippen LogP contribution in [0.15, 0.2) is 48.4 Å². The lowest BCUT2D eigenvalue weighted by Gasteiger charge is -2.01. The molecule has 2 rings (SSSR count). The molecule has 1 atom stereocenters. The molecular weight excluding hydrogens is 448 g/mol. The summed E-state index contributed by atoms with van der Waals surface area (Å²) in [7, 11) is 1.24. The van der Waals surface area contributed by atoms with Gasteiger partial charge < -0.3 is 9.47 Å². The van der Waals surface area contributed by atoms with Crippen molar-refractivity contribution in [3.05, 3.63) is 79.7 Å². The Morgan fingerprint density at radius 3 is 1.87 bits per heavy atom. The highest BCUT2D eigenvalue weighted by atomic mass is 32.2. The number of benzene rings is 2. The Labute approximate surface area is 183 Å². The Hall–Kier alpha value is -3.64. The maximum Gasteiger partial charge on any atom is 0.311 e. The van der Waals surface area contributed by atoms with Crippen molar-refractivity contribution in [2.24, 2.45) is 0 Å². The summed E-state index contributed by atoms with van der Waals surface area (Å²) in [5, 5.41) is 22.6. The quantitative estimate of drug-likeness (QED) is 0.327. The number of nitro groups is 2. The van der Waals surface area contributed by atoms with Crippen molar-refractivity contribution >= 4 is 50.3 Å². The number of hydrogen-bond acceptors (Lipinski definition) is 8. The summed E-state index contributed by atoms with van der Waals surface area (Å²) in [4.78, 5) is 20.3. The summed E-state index contributed by atoms with van der Waals surface area (Å²) >= 11 is 0.104. The molecule has 0 aliphatic rings. The normalized spacial score (nSPS) is 10.9. The second-order valence-electron chi connectivity index (χ2n) is 5.40. The summed E-state index contributed by atoms with van der Waals surface area (Å²) in [6, 6.07) is 9.02. The minimum absolute atomic E-state index is 0.0418. The Morgan fingerprint density at radius 2 is 1.45 bits per heavy atom. The predicted octanol–water partition coefficient (Wildman–Crippen LogP) is 3.54. The van der Waals surface area contributed by atoms with Gasteiger partial charge in [0.15, 0.2) is 11.5 Å². The molecule has 164 valence electrons. The molecule has 0 aromatic heterocycles. The molecule has 0 fully saturated rings. The third-order valence-electron chi connectivity index (χ3n) is 3.56. The zero-order valence-corrected chi connectivity index (χ0v) is 18.1. The van der Waals surface area contributed by atoms with E-state index >= 15 is 0 Å². The Bertz CT molecular complexity index is 1080. The van der Waals surface area contributed by atoms with Gasteiger partial charge >= 0.3 is 11.4 Å². The number of methoxy groups -OCH3 is 2. The predicted molar refractivity (Wildman–Crippen MR) is 121 cm³/mol. The van der Waals surface area contributed by atoms with Gasteiger partial charge in [-0.15, -0.1) is 0 Å². The molecule has 0 N–H and O–H groups in total. The Morgan fingerprint density at radius 1 is 0.968 bits per heavy atom. The molecule has 1 unspecified atom stereocenters. The van der Waals surface area contributed by atoms with Gasteiger partial charge in [-0.2, -0.15) is 0 Å². The first-order valence-corrected chi connectivity index (χ1v) is 10.3. The van der Waals surface area contributed by atoms with Crippen molar-refractivity contribution in [1.29, 1.82) is 0 Å². The maximum atomic E-state index is 11.1. The minimum atomic E-state index is -1.50. The van der Waals surface area contributed by atoms with Crippen LogP contribution >= 0.6 is 0 Å². The van der Waals surface area contributed by atoms with Crippen molar-refractivity contribution in [3.8, 4) is 11.5 Å². The van der Waals surface area contributed by atoms with Crippen molar-refractivity contribution in [3.63, 3.8) is 0 Å². The summed E-state index contributed by atoms with van der Waals surface area (Å²) < 4.78 is 31.9. The van der Waals surface area contributed by atoms with E-state index in [1.807, 2.05) is 0 Å². The van der Waals surface area contributed by atoms with Crippen molar-refractivity contribution in [1.82, 2.24) is 0 Å². The number of ether oxygens (including phenoxy) is 2. The van der Waals surface area contributed by atoms with E-state index in [-0.39, 0.29) is 34.1 Å². The van der Waals surface area contributed by atoms with Gasteiger partial charge in [-0.1, -0.05) is 24.8 Å². The fourth-order valence-corrected chi connectivity index (χ4v) is 3.00. The molecule has 0 bridgehead atoms. The number of nitrogens with zero attached hydrogens (tertiary/aromatic N) is 2. The SMILES string of the molecule is C=Cc1ccc(OC)c([N+](=O)[O-])c1.COc1ccc(C=CS(=O)C=S=O)cc1[N+](=O)[O-]. The second kappa shape index (κ2) is 12.8. The lowest BCUT2D eigenvalue weighted by atomic mass is 10.2. The molecule has 0 aliphatic heterocycles. The highest BCUT2D eigenvalue weighted by molar-refractivity contribution is 8.09. The Balaban J connectivity index is 0.000000327. The molecule has 0 saturated heterocycles. The number of rotatable bonds is 8. The van der Waals surface area contributed by atoms with E-state index in [1.165, 1.54) is 43.9 Å². The van der Waals surface area contributed by atoms with Crippen molar-refractivity contribution < 1.29 is 27.7 Å². The monoisotopic (exact) mass is 466 g/mol. The molecule has 12 heteroatoms. The molecular formula is C19H18N2O8S2. The highest BCUT2D eigenvalue weighted by Crippen LogP contribution is 2.28. The molecule has 0 aliphatic carbocycles. The third kappa shape index (κ3) is 7.95. The van der Waals surface area contributed by atoms with Gasteiger partial charge in [-0.05, 0) is 29.3 Å². The summed E-state index contributed by atoms with van der Waals surface area (Å²) in [6.45, 7) is 3.52. The lowest BCUT2D eigenvalue weighted by molar-refractivity contribution is -0.385. The smallest absolute Gasteiger partial charge is 0.311 e.